The lowest BCUT2D eigenvalue weighted by Gasteiger charge is -2.08. The number of pyridine rings is 1. The minimum atomic E-state index is -0.222. The van der Waals surface area contributed by atoms with Crippen molar-refractivity contribution in [1.29, 1.82) is 5.26 Å². The fourth-order valence-electron chi connectivity index (χ4n) is 1.75. The van der Waals surface area contributed by atoms with Gasteiger partial charge in [-0.05, 0) is 29.8 Å². The van der Waals surface area contributed by atoms with E-state index in [9.17, 15) is 4.79 Å². The topological polar surface area (TPSA) is 77.8 Å². The molecule has 0 unspecified atom stereocenters. The molecule has 1 heterocycles. The Morgan fingerprint density at radius 3 is 2.95 bits per heavy atom. The van der Waals surface area contributed by atoms with E-state index in [1.54, 1.807) is 31.4 Å². The predicted octanol–water partition coefficient (Wildman–Crippen LogP) is 1.92. The molecule has 1 aromatic carbocycles. The first-order chi connectivity index (χ1) is 9.72. The van der Waals surface area contributed by atoms with Crippen molar-refractivity contribution < 1.29 is 4.79 Å². The fourth-order valence-corrected chi connectivity index (χ4v) is 1.75. The number of nitrogens with zero attached hydrogens (tertiary/aromatic N) is 2. The van der Waals surface area contributed by atoms with Crippen molar-refractivity contribution in [3.05, 3.63) is 59.4 Å². The highest BCUT2D eigenvalue weighted by atomic mass is 16.1. The third-order valence-corrected chi connectivity index (χ3v) is 2.77. The van der Waals surface area contributed by atoms with Gasteiger partial charge in [0.05, 0.1) is 11.6 Å². The Kier molecular flexibility index (Phi) is 4.30. The number of aromatic nitrogens is 1. The molecule has 0 saturated heterocycles. The molecule has 0 bridgehead atoms. The summed E-state index contributed by atoms with van der Waals surface area (Å²) in [6, 6.07) is 13.0. The van der Waals surface area contributed by atoms with Crippen LogP contribution in [0.3, 0.4) is 0 Å². The minimum absolute atomic E-state index is 0.222. The lowest BCUT2D eigenvalue weighted by atomic mass is 10.1. The second-order valence-corrected chi connectivity index (χ2v) is 4.17. The van der Waals surface area contributed by atoms with Gasteiger partial charge in [0.1, 0.15) is 5.69 Å². The molecule has 0 aliphatic carbocycles. The summed E-state index contributed by atoms with van der Waals surface area (Å²) < 4.78 is 0. The lowest BCUT2D eigenvalue weighted by molar-refractivity contribution is 0.0958. The van der Waals surface area contributed by atoms with Gasteiger partial charge in [-0.15, -0.1) is 0 Å². The summed E-state index contributed by atoms with van der Waals surface area (Å²) in [6.45, 7) is 0.576. The molecule has 5 heteroatoms. The normalized spacial score (nSPS) is 9.60. The molecule has 2 N–H and O–H groups in total. The molecule has 0 aliphatic rings. The van der Waals surface area contributed by atoms with Gasteiger partial charge in [-0.3, -0.25) is 9.78 Å². The van der Waals surface area contributed by atoms with Gasteiger partial charge in [-0.25, -0.2) is 0 Å². The van der Waals surface area contributed by atoms with E-state index in [-0.39, 0.29) is 5.91 Å². The summed E-state index contributed by atoms with van der Waals surface area (Å²) in [7, 11) is 1.57. The average Bonchev–Trinajstić information content (AvgIpc) is 2.52. The first-order valence-electron chi connectivity index (χ1n) is 6.14. The number of amides is 1. The van der Waals surface area contributed by atoms with Crippen molar-refractivity contribution >= 4 is 11.6 Å². The molecule has 5 nitrogen and oxygen atoms in total. The SMILES string of the molecule is CNC(=O)c1cc(NCc2cccc(C#N)c2)ccn1. The Hall–Kier alpha value is -2.87. The molecule has 0 spiro atoms. The van der Waals surface area contributed by atoms with E-state index in [4.69, 9.17) is 5.26 Å². The number of nitrogens with one attached hydrogen (secondary N) is 2. The van der Waals surface area contributed by atoms with E-state index in [0.717, 1.165) is 11.3 Å². The first kappa shape index (κ1) is 13.6. The standard InChI is InChI=1S/C15H14N4O/c1-17-15(20)14-8-13(5-6-18-14)19-10-12-4-2-3-11(7-12)9-16/h2-8H,10H2,1H3,(H,17,20)(H,18,19). The summed E-state index contributed by atoms with van der Waals surface area (Å²) in [5, 5.41) is 14.6. The third-order valence-electron chi connectivity index (χ3n) is 2.77. The average molecular weight is 266 g/mol. The molecular weight excluding hydrogens is 252 g/mol. The van der Waals surface area contributed by atoms with Crippen LogP contribution < -0.4 is 10.6 Å². The Balaban J connectivity index is 2.07. The summed E-state index contributed by atoms with van der Waals surface area (Å²) in [5.41, 5.74) is 2.80. The number of carbonyl (C=O) groups excluding carboxylic acids is 1. The number of nitriles is 1. The van der Waals surface area contributed by atoms with Crippen LogP contribution in [0.15, 0.2) is 42.6 Å². The molecule has 0 radical (unpaired) electrons. The number of rotatable bonds is 4. The molecule has 2 aromatic rings. The summed E-state index contributed by atoms with van der Waals surface area (Å²) in [6.07, 6.45) is 1.58. The molecule has 0 saturated carbocycles. The molecule has 2 rings (SSSR count). The van der Waals surface area contributed by atoms with Crippen molar-refractivity contribution in [2.75, 3.05) is 12.4 Å². The number of carbonyl (C=O) groups is 1. The molecule has 1 aromatic heterocycles. The first-order valence-corrected chi connectivity index (χ1v) is 6.14. The molecule has 0 aliphatic heterocycles. The van der Waals surface area contributed by atoms with Crippen LogP contribution in [0.2, 0.25) is 0 Å². The molecule has 0 atom stereocenters. The maximum atomic E-state index is 11.5. The van der Waals surface area contributed by atoms with Crippen LogP contribution in [-0.2, 0) is 6.54 Å². The lowest BCUT2D eigenvalue weighted by Crippen LogP contribution is -2.19. The smallest absolute Gasteiger partial charge is 0.269 e. The van der Waals surface area contributed by atoms with Gasteiger partial charge in [0.2, 0.25) is 0 Å². The van der Waals surface area contributed by atoms with E-state index in [1.807, 2.05) is 18.2 Å². The van der Waals surface area contributed by atoms with E-state index in [2.05, 4.69) is 21.7 Å². The molecule has 0 fully saturated rings. The molecule has 1 amide bonds. The van der Waals surface area contributed by atoms with Crippen LogP contribution in [0.25, 0.3) is 0 Å². The van der Waals surface area contributed by atoms with Crippen molar-refractivity contribution in [2.45, 2.75) is 6.54 Å². The third kappa shape index (κ3) is 3.33. The van der Waals surface area contributed by atoms with Gasteiger partial charge in [0.25, 0.3) is 5.91 Å². The van der Waals surface area contributed by atoms with Gasteiger partial charge >= 0.3 is 0 Å². The Morgan fingerprint density at radius 2 is 2.20 bits per heavy atom. The van der Waals surface area contributed by atoms with Gasteiger partial charge < -0.3 is 10.6 Å². The van der Waals surface area contributed by atoms with Gasteiger partial charge in [-0.2, -0.15) is 5.26 Å². The van der Waals surface area contributed by atoms with Crippen LogP contribution in [0.4, 0.5) is 5.69 Å². The van der Waals surface area contributed by atoms with Crippen LogP contribution in [0.5, 0.6) is 0 Å². The number of hydrogen-bond acceptors (Lipinski definition) is 4. The Labute approximate surface area is 117 Å². The van der Waals surface area contributed by atoms with Crippen LogP contribution in [0, 0.1) is 11.3 Å². The van der Waals surface area contributed by atoms with Crippen LogP contribution >= 0.6 is 0 Å². The largest absolute Gasteiger partial charge is 0.381 e. The van der Waals surface area contributed by atoms with E-state index >= 15 is 0 Å². The zero-order chi connectivity index (χ0) is 14.4. The number of anilines is 1. The predicted molar refractivity (Wildman–Crippen MR) is 76.1 cm³/mol. The van der Waals surface area contributed by atoms with Crippen LogP contribution in [-0.4, -0.2) is 17.9 Å². The fraction of sp³-hybridized carbons (Fsp3) is 0.133. The van der Waals surface area contributed by atoms with Crippen molar-refractivity contribution in [2.24, 2.45) is 0 Å². The highest BCUT2D eigenvalue weighted by Crippen LogP contribution is 2.11. The highest BCUT2D eigenvalue weighted by molar-refractivity contribution is 5.92. The van der Waals surface area contributed by atoms with Crippen molar-refractivity contribution in [1.82, 2.24) is 10.3 Å². The monoisotopic (exact) mass is 266 g/mol. The van der Waals surface area contributed by atoms with Gasteiger partial charge in [-0.1, -0.05) is 12.1 Å². The van der Waals surface area contributed by atoms with E-state index in [0.29, 0.717) is 17.8 Å². The summed E-state index contributed by atoms with van der Waals surface area (Å²) in [4.78, 5) is 15.5. The van der Waals surface area contributed by atoms with Gasteiger partial charge in [0, 0.05) is 25.5 Å². The number of benzene rings is 1. The molecule has 20 heavy (non-hydrogen) atoms. The zero-order valence-corrected chi connectivity index (χ0v) is 11.1. The maximum Gasteiger partial charge on any atom is 0.269 e. The number of hydrogen-bond donors (Lipinski definition) is 2. The zero-order valence-electron chi connectivity index (χ0n) is 11.1. The van der Waals surface area contributed by atoms with Gasteiger partial charge in [0.15, 0.2) is 0 Å². The highest BCUT2D eigenvalue weighted by Gasteiger charge is 2.05. The maximum absolute atomic E-state index is 11.5. The minimum Gasteiger partial charge on any atom is -0.381 e. The summed E-state index contributed by atoms with van der Waals surface area (Å²) >= 11 is 0. The second-order valence-electron chi connectivity index (χ2n) is 4.17. The Morgan fingerprint density at radius 1 is 1.35 bits per heavy atom. The second kappa shape index (κ2) is 6.34. The summed E-state index contributed by atoms with van der Waals surface area (Å²) in [5.74, 6) is -0.222. The van der Waals surface area contributed by atoms with E-state index < -0.39 is 0 Å². The molecule has 100 valence electrons. The molecular formula is C15H14N4O. The van der Waals surface area contributed by atoms with E-state index in [1.165, 1.54) is 0 Å². The van der Waals surface area contributed by atoms with Crippen LogP contribution in [0.1, 0.15) is 21.6 Å². The Bertz CT molecular complexity index is 661. The van der Waals surface area contributed by atoms with Crippen molar-refractivity contribution in [3.63, 3.8) is 0 Å². The quantitative estimate of drug-likeness (QED) is 0.886. The van der Waals surface area contributed by atoms with Crippen molar-refractivity contribution in [3.8, 4) is 6.07 Å².